The zero-order valence-electron chi connectivity index (χ0n) is 18.0. The number of esters is 1. The third-order valence-electron chi connectivity index (χ3n) is 5.39. The van der Waals surface area contributed by atoms with Crippen molar-refractivity contribution in [3.05, 3.63) is 72.3 Å². The van der Waals surface area contributed by atoms with Crippen LogP contribution in [-0.2, 0) is 19.1 Å². The molecule has 1 heterocycles. The van der Waals surface area contributed by atoms with Crippen LogP contribution >= 0.6 is 0 Å². The number of carbonyl (C=O) groups is 4. The van der Waals surface area contributed by atoms with E-state index in [0.29, 0.717) is 16.9 Å². The molecule has 0 unspecified atom stereocenters. The normalized spacial score (nSPS) is 15.2. The first-order valence-corrected chi connectivity index (χ1v) is 10.6. The van der Waals surface area contributed by atoms with Crippen LogP contribution in [0.5, 0.6) is 0 Å². The summed E-state index contributed by atoms with van der Waals surface area (Å²) in [5.41, 5.74) is 1.49. The SMILES string of the molecule is C[C@H]1CC(=O)Nc2ccccc2N1C(=O)COC(=O)CNC(=O)c1ccc2ccccc2c1. The monoisotopic (exact) mass is 445 g/mol. The summed E-state index contributed by atoms with van der Waals surface area (Å²) >= 11 is 0. The zero-order valence-corrected chi connectivity index (χ0v) is 18.0. The number of para-hydroxylation sites is 2. The number of hydrogen-bond acceptors (Lipinski definition) is 5. The lowest BCUT2D eigenvalue weighted by Crippen LogP contribution is -2.42. The summed E-state index contributed by atoms with van der Waals surface area (Å²) in [5, 5.41) is 7.21. The van der Waals surface area contributed by atoms with Crippen molar-refractivity contribution in [2.24, 2.45) is 0 Å². The minimum absolute atomic E-state index is 0.121. The molecule has 8 nitrogen and oxygen atoms in total. The molecule has 8 heteroatoms. The Bertz CT molecular complexity index is 1240. The molecule has 1 aliphatic heterocycles. The topological polar surface area (TPSA) is 105 Å². The lowest BCUT2D eigenvalue weighted by molar-refractivity contribution is -0.146. The van der Waals surface area contributed by atoms with Crippen LogP contribution in [0.3, 0.4) is 0 Å². The first-order valence-electron chi connectivity index (χ1n) is 10.6. The Morgan fingerprint density at radius 3 is 2.58 bits per heavy atom. The fourth-order valence-corrected chi connectivity index (χ4v) is 3.82. The van der Waals surface area contributed by atoms with Crippen molar-refractivity contribution >= 4 is 45.8 Å². The van der Waals surface area contributed by atoms with Crippen molar-refractivity contribution < 1.29 is 23.9 Å². The van der Waals surface area contributed by atoms with Crippen LogP contribution in [0, 0.1) is 0 Å². The van der Waals surface area contributed by atoms with Gasteiger partial charge in [0.15, 0.2) is 6.61 Å². The molecule has 0 aromatic heterocycles. The average molecular weight is 445 g/mol. The van der Waals surface area contributed by atoms with Crippen molar-refractivity contribution in [2.45, 2.75) is 19.4 Å². The molecule has 1 atom stereocenters. The van der Waals surface area contributed by atoms with Gasteiger partial charge in [-0.2, -0.15) is 0 Å². The van der Waals surface area contributed by atoms with Crippen LogP contribution in [0.2, 0.25) is 0 Å². The van der Waals surface area contributed by atoms with Gasteiger partial charge >= 0.3 is 5.97 Å². The number of carbonyl (C=O) groups excluding carboxylic acids is 4. The summed E-state index contributed by atoms with van der Waals surface area (Å²) in [6.45, 7) is 0.883. The third-order valence-corrected chi connectivity index (χ3v) is 5.39. The van der Waals surface area contributed by atoms with Gasteiger partial charge < -0.3 is 20.3 Å². The van der Waals surface area contributed by atoms with E-state index in [2.05, 4.69) is 10.6 Å². The molecule has 0 bridgehead atoms. The van der Waals surface area contributed by atoms with E-state index in [1.165, 1.54) is 4.90 Å². The van der Waals surface area contributed by atoms with Crippen LogP contribution in [0.15, 0.2) is 66.7 Å². The number of anilines is 2. The van der Waals surface area contributed by atoms with Gasteiger partial charge in [-0.15, -0.1) is 0 Å². The lowest BCUT2D eigenvalue weighted by Gasteiger charge is -2.27. The fraction of sp³-hybridized carbons (Fsp3) is 0.200. The molecule has 0 fully saturated rings. The summed E-state index contributed by atoms with van der Waals surface area (Å²) < 4.78 is 5.09. The van der Waals surface area contributed by atoms with Crippen molar-refractivity contribution in [1.82, 2.24) is 5.32 Å². The number of rotatable bonds is 5. The molecule has 1 aliphatic rings. The molecule has 3 aromatic carbocycles. The molecule has 0 aliphatic carbocycles. The molecule has 3 amide bonds. The molecule has 3 aromatic rings. The maximum absolute atomic E-state index is 12.8. The third kappa shape index (κ3) is 5.01. The maximum Gasteiger partial charge on any atom is 0.325 e. The van der Waals surface area contributed by atoms with Crippen LogP contribution in [0.1, 0.15) is 23.7 Å². The van der Waals surface area contributed by atoms with Crippen LogP contribution in [0.4, 0.5) is 11.4 Å². The van der Waals surface area contributed by atoms with Gasteiger partial charge in [0.05, 0.1) is 11.4 Å². The Balaban J connectivity index is 1.34. The molecule has 4 rings (SSSR count). The van der Waals surface area contributed by atoms with E-state index in [9.17, 15) is 19.2 Å². The first-order chi connectivity index (χ1) is 15.9. The number of nitrogens with one attached hydrogen (secondary N) is 2. The summed E-state index contributed by atoms with van der Waals surface area (Å²) in [6.07, 6.45) is 0.121. The van der Waals surface area contributed by atoms with E-state index in [1.807, 2.05) is 30.3 Å². The highest BCUT2D eigenvalue weighted by Crippen LogP contribution is 2.31. The predicted octanol–water partition coefficient (Wildman–Crippen LogP) is 2.88. The molecule has 0 saturated carbocycles. The van der Waals surface area contributed by atoms with Crippen molar-refractivity contribution in [1.29, 1.82) is 0 Å². The molecule has 0 spiro atoms. The Kier molecular flexibility index (Phi) is 6.35. The van der Waals surface area contributed by atoms with Gasteiger partial charge in [0.25, 0.3) is 11.8 Å². The van der Waals surface area contributed by atoms with E-state index in [1.54, 1.807) is 43.3 Å². The Morgan fingerprint density at radius 2 is 1.76 bits per heavy atom. The van der Waals surface area contributed by atoms with E-state index in [-0.39, 0.29) is 18.9 Å². The molecular weight excluding hydrogens is 422 g/mol. The second kappa shape index (κ2) is 9.52. The average Bonchev–Trinajstić information content (AvgIpc) is 2.94. The molecule has 33 heavy (non-hydrogen) atoms. The highest BCUT2D eigenvalue weighted by Gasteiger charge is 2.30. The van der Waals surface area contributed by atoms with Crippen LogP contribution in [-0.4, -0.2) is 42.9 Å². The highest BCUT2D eigenvalue weighted by atomic mass is 16.5. The van der Waals surface area contributed by atoms with Gasteiger partial charge in [0, 0.05) is 18.0 Å². The number of hydrogen-bond donors (Lipinski definition) is 2. The maximum atomic E-state index is 12.8. The number of ether oxygens (including phenoxy) is 1. The van der Waals surface area contributed by atoms with Crippen LogP contribution in [0.25, 0.3) is 10.8 Å². The smallest absolute Gasteiger partial charge is 0.325 e. The summed E-state index contributed by atoms with van der Waals surface area (Å²) in [4.78, 5) is 50.9. The number of amides is 3. The van der Waals surface area contributed by atoms with E-state index in [4.69, 9.17) is 4.74 Å². The number of fused-ring (bicyclic) bond motifs is 2. The number of benzene rings is 3. The Morgan fingerprint density at radius 1 is 1.03 bits per heavy atom. The van der Waals surface area contributed by atoms with Gasteiger partial charge in [-0.05, 0) is 42.0 Å². The number of nitrogens with zero attached hydrogens (tertiary/aromatic N) is 1. The summed E-state index contributed by atoms with van der Waals surface area (Å²) in [6, 6.07) is 19.4. The van der Waals surface area contributed by atoms with Gasteiger partial charge in [0.2, 0.25) is 5.91 Å². The standard InChI is InChI=1S/C25H23N3O5/c1-16-12-22(29)27-20-8-4-5-9-21(20)28(16)23(30)15-33-24(31)14-26-25(32)19-11-10-17-6-2-3-7-18(17)13-19/h2-11,13,16H,12,14-15H2,1H3,(H,26,32)(H,27,29)/t16-/m0/s1. The fourth-order valence-electron chi connectivity index (χ4n) is 3.82. The first kappa shape index (κ1) is 22.0. The summed E-state index contributed by atoms with van der Waals surface area (Å²) in [5.74, 6) is -1.80. The van der Waals surface area contributed by atoms with Crippen LogP contribution < -0.4 is 15.5 Å². The molecule has 2 N–H and O–H groups in total. The van der Waals surface area contributed by atoms with Gasteiger partial charge in [-0.3, -0.25) is 19.2 Å². The van der Waals surface area contributed by atoms with E-state index >= 15 is 0 Å². The summed E-state index contributed by atoms with van der Waals surface area (Å²) in [7, 11) is 0. The Hall–Kier alpha value is -4.20. The largest absolute Gasteiger partial charge is 0.454 e. The molecule has 0 radical (unpaired) electrons. The minimum Gasteiger partial charge on any atom is -0.454 e. The molecular formula is C25H23N3O5. The van der Waals surface area contributed by atoms with Gasteiger partial charge in [0.1, 0.15) is 6.54 Å². The Labute approximate surface area is 190 Å². The van der Waals surface area contributed by atoms with Crippen molar-refractivity contribution in [3.8, 4) is 0 Å². The second-order valence-corrected chi connectivity index (χ2v) is 7.79. The van der Waals surface area contributed by atoms with Crippen molar-refractivity contribution in [2.75, 3.05) is 23.4 Å². The highest BCUT2D eigenvalue weighted by molar-refractivity contribution is 6.05. The predicted molar refractivity (Wildman–Crippen MR) is 124 cm³/mol. The lowest BCUT2D eigenvalue weighted by atomic mass is 10.1. The molecule has 168 valence electrons. The van der Waals surface area contributed by atoms with E-state index in [0.717, 1.165) is 10.8 Å². The second-order valence-electron chi connectivity index (χ2n) is 7.79. The quantitative estimate of drug-likeness (QED) is 0.588. The van der Waals surface area contributed by atoms with Gasteiger partial charge in [-0.25, -0.2) is 0 Å². The van der Waals surface area contributed by atoms with E-state index < -0.39 is 30.4 Å². The molecule has 0 saturated heterocycles. The minimum atomic E-state index is -0.734. The van der Waals surface area contributed by atoms with Gasteiger partial charge in [-0.1, -0.05) is 42.5 Å². The van der Waals surface area contributed by atoms with Crippen molar-refractivity contribution in [3.63, 3.8) is 0 Å². The zero-order chi connectivity index (χ0) is 23.4.